The fourth-order valence-corrected chi connectivity index (χ4v) is 1.88. The Bertz CT molecular complexity index is 644. The van der Waals surface area contributed by atoms with Gasteiger partial charge in [-0.25, -0.2) is 4.39 Å². The minimum absolute atomic E-state index is 0.191. The van der Waals surface area contributed by atoms with E-state index in [9.17, 15) is 9.18 Å². The minimum Gasteiger partial charge on any atom is -0.347 e. The average molecular weight is 260 g/mol. The summed E-state index contributed by atoms with van der Waals surface area (Å²) in [5.74, 6) is -0.524. The van der Waals surface area contributed by atoms with Crippen molar-refractivity contribution in [3.8, 4) is 0 Å². The molecule has 2 rings (SSSR count). The molecular weight excluding hydrogens is 243 g/mol. The van der Waals surface area contributed by atoms with Crippen LogP contribution in [0.2, 0.25) is 0 Å². The number of nitrogens with one attached hydrogen (secondary N) is 1. The van der Waals surface area contributed by atoms with E-state index in [1.807, 2.05) is 20.8 Å². The highest BCUT2D eigenvalue weighted by atomic mass is 19.1. The van der Waals surface area contributed by atoms with Crippen molar-refractivity contribution < 1.29 is 9.18 Å². The van der Waals surface area contributed by atoms with Crippen LogP contribution in [-0.4, -0.2) is 16.4 Å². The van der Waals surface area contributed by atoms with Gasteiger partial charge in [0, 0.05) is 10.9 Å². The largest absolute Gasteiger partial charge is 0.347 e. The van der Waals surface area contributed by atoms with E-state index in [-0.39, 0.29) is 17.3 Å². The molecule has 1 amide bonds. The third-order valence-corrected chi connectivity index (χ3v) is 2.70. The number of aromatic nitrogens is 1. The summed E-state index contributed by atoms with van der Waals surface area (Å²) >= 11 is 0. The maximum absolute atomic E-state index is 13.2. The van der Waals surface area contributed by atoms with Crippen molar-refractivity contribution in [2.24, 2.45) is 0 Å². The zero-order valence-corrected chi connectivity index (χ0v) is 11.5. The van der Waals surface area contributed by atoms with Crippen molar-refractivity contribution in [1.29, 1.82) is 0 Å². The number of rotatable bonds is 1. The van der Waals surface area contributed by atoms with Gasteiger partial charge in [-0.05, 0) is 52.0 Å². The molecule has 0 saturated carbocycles. The topological polar surface area (TPSA) is 42.0 Å². The number of hydrogen-bond acceptors (Lipinski definition) is 2. The van der Waals surface area contributed by atoms with Crippen LogP contribution in [0.25, 0.3) is 10.9 Å². The van der Waals surface area contributed by atoms with Gasteiger partial charge in [-0.1, -0.05) is 0 Å². The fourth-order valence-electron chi connectivity index (χ4n) is 1.88. The Balaban J connectivity index is 2.48. The second-order valence-electron chi connectivity index (χ2n) is 5.66. The summed E-state index contributed by atoms with van der Waals surface area (Å²) < 4.78 is 13.2. The predicted octanol–water partition coefficient (Wildman–Crippen LogP) is 3.21. The van der Waals surface area contributed by atoms with E-state index in [2.05, 4.69) is 10.3 Å². The van der Waals surface area contributed by atoms with Gasteiger partial charge in [0.05, 0.1) is 16.8 Å². The highest BCUT2D eigenvalue weighted by molar-refractivity contribution is 5.98. The number of nitrogens with zero attached hydrogens (tertiary/aromatic N) is 1. The van der Waals surface area contributed by atoms with Crippen LogP contribution >= 0.6 is 0 Å². The molecule has 0 spiro atoms. The van der Waals surface area contributed by atoms with Gasteiger partial charge in [-0.3, -0.25) is 9.78 Å². The number of carbonyl (C=O) groups excluding carboxylic acids is 1. The van der Waals surface area contributed by atoms with Gasteiger partial charge < -0.3 is 5.32 Å². The van der Waals surface area contributed by atoms with Crippen molar-refractivity contribution in [2.45, 2.75) is 33.2 Å². The molecule has 1 heterocycles. The van der Waals surface area contributed by atoms with E-state index in [1.54, 1.807) is 19.1 Å². The molecule has 100 valence electrons. The summed E-state index contributed by atoms with van der Waals surface area (Å²) in [4.78, 5) is 16.5. The molecule has 19 heavy (non-hydrogen) atoms. The molecule has 1 aromatic heterocycles. The molecule has 0 aliphatic heterocycles. The first-order valence-corrected chi connectivity index (χ1v) is 6.16. The van der Waals surface area contributed by atoms with Gasteiger partial charge in [-0.2, -0.15) is 0 Å². The van der Waals surface area contributed by atoms with Crippen molar-refractivity contribution in [3.63, 3.8) is 0 Å². The van der Waals surface area contributed by atoms with Gasteiger partial charge >= 0.3 is 0 Å². The third-order valence-electron chi connectivity index (χ3n) is 2.70. The standard InChI is InChI=1S/C15H17FN2O/c1-9-12(14(19)18-15(2,3)4)8-10-7-11(16)5-6-13(10)17-9/h5-8H,1-4H3,(H,18,19). The first-order chi connectivity index (χ1) is 8.76. The van der Waals surface area contributed by atoms with Crippen LogP contribution in [0.3, 0.4) is 0 Å². The number of pyridine rings is 1. The van der Waals surface area contributed by atoms with Crippen LogP contribution in [0.15, 0.2) is 24.3 Å². The third kappa shape index (κ3) is 3.08. The quantitative estimate of drug-likeness (QED) is 0.855. The molecule has 0 saturated heterocycles. The molecule has 1 N–H and O–H groups in total. The van der Waals surface area contributed by atoms with E-state index in [4.69, 9.17) is 0 Å². The summed E-state index contributed by atoms with van der Waals surface area (Å²) in [6.45, 7) is 7.51. The van der Waals surface area contributed by atoms with Crippen molar-refractivity contribution in [2.75, 3.05) is 0 Å². The summed E-state index contributed by atoms with van der Waals surface area (Å²) in [6.07, 6.45) is 0. The van der Waals surface area contributed by atoms with E-state index in [0.717, 1.165) is 0 Å². The number of amides is 1. The minimum atomic E-state index is -0.333. The lowest BCUT2D eigenvalue weighted by Crippen LogP contribution is -2.40. The molecule has 2 aromatic rings. The maximum Gasteiger partial charge on any atom is 0.253 e. The molecule has 0 bridgehead atoms. The second kappa shape index (κ2) is 4.61. The van der Waals surface area contributed by atoms with Gasteiger partial charge in [0.2, 0.25) is 0 Å². The Morgan fingerprint density at radius 1 is 1.26 bits per heavy atom. The number of benzene rings is 1. The van der Waals surface area contributed by atoms with Crippen LogP contribution in [0.1, 0.15) is 36.8 Å². The number of carbonyl (C=O) groups is 1. The van der Waals surface area contributed by atoms with E-state index < -0.39 is 0 Å². The number of fused-ring (bicyclic) bond motifs is 1. The van der Waals surface area contributed by atoms with E-state index >= 15 is 0 Å². The van der Waals surface area contributed by atoms with Gasteiger partial charge in [-0.15, -0.1) is 0 Å². The van der Waals surface area contributed by atoms with Crippen molar-refractivity contribution in [1.82, 2.24) is 10.3 Å². The molecule has 0 aliphatic carbocycles. The predicted molar refractivity (Wildman–Crippen MR) is 73.7 cm³/mol. The van der Waals surface area contributed by atoms with Crippen LogP contribution in [0, 0.1) is 12.7 Å². The molecule has 3 nitrogen and oxygen atoms in total. The lowest BCUT2D eigenvalue weighted by molar-refractivity contribution is 0.0918. The van der Waals surface area contributed by atoms with Gasteiger partial charge in [0.1, 0.15) is 5.82 Å². The zero-order chi connectivity index (χ0) is 14.2. The average Bonchev–Trinajstić information content (AvgIpc) is 2.26. The van der Waals surface area contributed by atoms with Crippen LogP contribution < -0.4 is 5.32 Å². The lowest BCUT2D eigenvalue weighted by Gasteiger charge is -2.21. The number of hydrogen-bond donors (Lipinski definition) is 1. The van der Waals surface area contributed by atoms with E-state index in [1.165, 1.54) is 12.1 Å². The highest BCUT2D eigenvalue weighted by Gasteiger charge is 2.18. The summed E-state index contributed by atoms with van der Waals surface area (Å²) in [5, 5.41) is 3.51. The Kier molecular flexibility index (Phi) is 3.27. The lowest BCUT2D eigenvalue weighted by atomic mass is 10.1. The SMILES string of the molecule is Cc1nc2ccc(F)cc2cc1C(=O)NC(C)(C)C. The Labute approximate surface area is 111 Å². The first kappa shape index (κ1) is 13.5. The molecule has 4 heteroatoms. The fraction of sp³-hybridized carbons (Fsp3) is 0.333. The molecule has 0 atom stereocenters. The Morgan fingerprint density at radius 3 is 2.58 bits per heavy atom. The second-order valence-corrected chi connectivity index (χ2v) is 5.66. The highest BCUT2D eigenvalue weighted by Crippen LogP contribution is 2.18. The van der Waals surface area contributed by atoms with Crippen LogP contribution in [0.5, 0.6) is 0 Å². The van der Waals surface area contributed by atoms with Gasteiger partial charge in [0.25, 0.3) is 5.91 Å². The summed E-state index contributed by atoms with van der Waals surface area (Å²) in [6, 6.07) is 6.05. The zero-order valence-electron chi connectivity index (χ0n) is 11.5. The monoisotopic (exact) mass is 260 g/mol. The van der Waals surface area contributed by atoms with Crippen molar-refractivity contribution in [3.05, 3.63) is 41.3 Å². The summed E-state index contributed by atoms with van der Waals surface area (Å²) in [7, 11) is 0. The van der Waals surface area contributed by atoms with Crippen LogP contribution in [0.4, 0.5) is 4.39 Å². The molecular formula is C15H17FN2O. The normalized spacial score (nSPS) is 11.6. The Morgan fingerprint density at radius 2 is 1.95 bits per heavy atom. The van der Waals surface area contributed by atoms with E-state index in [0.29, 0.717) is 22.2 Å². The smallest absolute Gasteiger partial charge is 0.253 e. The van der Waals surface area contributed by atoms with Crippen LogP contribution in [-0.2, 0) is 0 Å². The maximum atomic E-state index is 13.2. The number of halogens is 1. The molecule has 0 fully saturated rings. The molecule has 0 unspecified atom stereocenters. The molecule has 0 radical (unpaired) electrons. The number of aryl methyl sites for hydroxylation is 1. The van der Waals surface area contributed by atoms with Gasteiger partial charge in [0.15, 0.2) is 0 Å². The molecule has 0 aliphatic rings. The summed E-state index contributed by atoms with van der Waals surface area (Å²) in [5.41, 5.74) is 1.49. The molecule has 1 aromatic carbocycles. The Hall–Kier alpha value is -1.97. The first-order valence-electron chi connectivity index (χ1n) is 6.16. The van der Waals surface area contributed by atoms with Crippen molar-refractivity contribution >= 4 is 16.8 Å².